The zero-order valence-electron chi connectivity index (χ0n) is 36.7. The fourth-order valence-corrected chi connectivity index (χ4v) is 9.86. The van der Waals surface area contributed by atoms with Crippen molar-refractivity contribution < 1.29 is 72.3 Å². The minimum atomic E-state index is -1.98. The summed E-state index contributed by atoms with van der Waals surface area (Å²) < 4.78 is 56.5. The first-order valence-electron chi connectivity index (χ1n) is 20.5. The number of methoxy groups -OCH3 is 1. The molecule has 19 atom stereocenters. The van der Waals surface area contributed by atoms with Gasteiger partial charge in [-0.2, -0.15) is 0 Å². The van der Waals surface area contributed by atoms with Crippen LogP contribution in [0.15, 0.2) is 0 Å². The molecule has 0 saturated carbocycles. The van der Waals surface area contributed by atoms with Crippen molar-refractivity contribution in [2.45, 2.75) is 199 Å². The van der Waals surface area contributed by atoms with Gasteiger partial charge in [0.2, 0.25) is 0 Å². The predicted molar refractivity (Wildman–Crippen MR) is 204 cm³/mol. The molecule has 3 N–H and O–H groups in total. The number of nitrogens with zero attached hydrogens (tertiary/aromatic N) is 1. The highest BCUT2D eigenvalue weighted by Crippen LogP contribution is 2.52. The van der Waals surface area contributed by atoms with E-state index in [-0.39, 0.29) is 31.4 Å². The van der Waals surface area contributed by atoms with E-state index in [2.05, 4.69) is 0 Å². The molecule has 4 aliphatic heterocycles. The molecule has 0 aliphatic carbocycles. The smallest absolute Gasteiger partial charge is 0.311 e. The summed E-state index contributed by atoms with van der Waals surface area (Å²) in [5.41, 5.74) is -4.39. The SMILES string of the molecule is CC[C@H]1OC(=O)C(C)C(O[C@H]2C[C@@](C)(OC)[C@@H](O)[C@H](C)O2)[C@H](C)[C@@H](O[C@@H]2O[C@H](C)C[C@H](N(C)C)[C@H]2OC(C)=O)[C@](C)(O)C[C@@H](C)[C@]2(O)O[C@@]1(C)[C@H](OC(C)=O)[C@H]2C. The van der Waals surface area contributed by atoms with E-state index >= 15 is 0 Å². The van der Waals surface area contributed by atoms with Gasteiger partial charge in [0.15, 0.2) is 24.5 Å². The van der Waals surface area contributed by atoms with Crippen LogP contribution < -0.4 is 0 Å². The van der Waals surface area contributed by atoms with Crippen LogP contribution in [0.2, 0.25) is 0 Å². The Kier molecular flexibility index (Phi) is 15.0. The zero-order chi connectivity index (χ0) is 43.2. The molecule has 0 amide bonds. The van der Waals surface area contributed by atoms with E-state index in [0.29, 0.717) is 6.42 Å². The number of hydrogen-bond acceptors (Lipinski definition) is 16. The molecule has 330 valence electrons. The zero-order valence-corrected chi connectivity index (χ0v) is 36.7. The lowest BCUT2D eigenvalue weighted by Crippen LogP contribution is -2.61. The first-order valence-corrected chi connectivity index (χ1v) is 20.5. The van der Waals surface area contributed by atoms with Crippen LogP contribution in [0.5, 0.6) is 0 Å². The summed E-state index contributed by atoms with van der Waals surface area (Å²) in [4.78, 5) is 41.5. The van der Waals surface area contributed by atoms with Crippen molar-refractivity contribution in [3.63, 3.8) is 0 Å². The number of fused-ring (bicyclic) bond motifs is 2. The Morgan fingerprint density at radius 2 is 1.51 bits per heavy atom. The van der Waals surface area contributed by atoms with Crippen molar-refractivity contribution in [2.75, 3.05) is 21.2 Å². The Labute approximate surface area is 338 Å². The lowest BCUT2D eigenvalue weighted by atomic mass is 9.74. The Balaban J connectivity index is 1.91. The number of likely N-dealkylation sites (N-methyl/N-ethyl adjacent to an activating group) is 1. The van der Waals surface area contributed by atoms with Gasteiger partial charge < -0.3 is 62.9 Å². The lowest BCUT2D eigenvalue weighted by Gasteiger charge is -2.49. The molecular weight excluding hydrogens is 746 g/mol. The second-order valence-corrected chi connectivity index (χ2v) is 18.1. The maximum atomic E-state index is 14.5. The number of carbonyl (C=O) groups excluding carboxylic acids is 3. The predicted octanol–water partition coefficient (Wildman–Crippen LogP) is 3.08. The van der Waals surface area contributed by atoms with Gasteiger partial charge in [-0.15, -0.1) is 0 Å². The van der Waals surface area contributed by atoms with Crippen LogP contribution in [0.3, 0.4) is 0 Å². The molecule has 4 aliphatic rings. The van der Waals surface area contributed by atoms with Crippen molar-refractivity contribution in [3.05, 3.63) is 0 Å². The van der Waals surface area contributed by atoms with Crippen molar-refractivity contribution in [1.29, 1.82) is 0 Å². The van der Waals surface area contributed by atoms with Crippen LogP contribution in [0.4, 0.5) is 0 Å². The molecule has 2 unspecified atom stereocenters. The summed E-state index contributed by atoms with van der Waals surface area (Å²) in [6.45, 7) is 19.8. The molecule has 0 aromatic rings. The summed E-state index contributed by atoms with van der Waals surface area (Å²) in [6.07, 6.45) is -8.70. The molecule has 16 nitrogen and oxygen atoms in total. The minimum absolute atomic E-state index is 0.0969. The number of aliphatic hydroxyl groups is 3. The fraction of sp³-hybridized carbons (Fsp3) is 0.927. The number of esters is 3. The van der Waals surface area contributed by atoms with Gasteiger partial charge in [0.05, 0.1) is 53.5 Å². The Morgan fingerprint density at radius 1 is 0.895 bits per heavy atom. The van der Waals surface area contributed by atoms with Gasteiger partial charge in [-0.05, 0) is 74.9 Å². The fourth-order valence-electron chi connectivity index (χ4n) is 9.86. The molecule has 4 fully saturated rings. The van der Waals surface area contributed by atoms with E-state index in [1.165, 1.54) is 21.0 Å². The van der Waals surface area contributed by atoms with Gasteiger partial charge in [0, 0.05) is 39.2 Å². The third-order valence-corrected chi connectivity index (χ3v) is 13.1. The molecule has 4 saturated heterocycles. The average Bonchev–Trinajstić information content (AvgIpc) is 3.31. The largest absolute Gasteiger partial charge is 0.459 e. The highest BCUT2D eigenvalue weighted by Gasteiger charge is 2.66. The Bertz CT molecular complexity index is 1410. The van der Waals surface area contributed by atoms with Crippen LogP contribution in [0.1, 0.15) is 109 Å². The van der Waals surface area contributed by atoms with Gasteiger partial charge in [-0.3, -0.25) is 14.4 Å². The van der Waals surface area contributed by atoms with Crippen LogP contribution in [-0.4, -0.2) is 149 Å². The number of ether oxygens (including phenoxy) is 9. The van der Waals surface area contributed by atoms with Crippen LogP contribution in [0, 0.1) is 23.7 Å². The van der Waals surface area contributed by atoms with Gasteiger partial charge >= 0.3 is 17.9 Å². The first kappa shape index (κ1) is 47.7. The third-order valence-electron chi connectivity index (χ3n) is 13.1. The Morgan fingerprint density at radius 3 is 2.05 bits per heavy atom. The highest BCUT2D eigenvalue weighted by molar-refractivity contribution is 5.73. The van der Waals surface area contributed by atoms with Crippen molar-refractivity contribution in [1.82, 2.24) is 4.90 Å². The van der Waals surface area contributed by atoms with Gasteiger partial charge in [0.25, 0.3) is 0 Å². The van der Waals surface area contributed by atoms with E-state index in [1.54, 1.807) is 62.3 Å². The summed E-state index contributed by atoms with van der Waals surface area (Å²) in [7, 11) is 5.23. The monoisotopic (exact) mass is 817 g/mol. The van der Waals surface area contributed by atoms with E-state index in [0.717, 1.165) is 0 Å². The summed E-state index contributed by atoms with van der Waals surface area (Å²) in [5, 5.41) is 36.3. The summed E-state index contributed by atoms with van der Waals surface area (Å²) in [5.74, 6) is -7.37. The van der Waals surface area contributed by atoms with Crippen LogP contribution >= 0.6 is 0 Å². The van der Waals surface area contributed by atoms with E-state index in [4.69, 9.17) is 42.6 Å². The molecule has 16 heteroatoms. The average molecular weight is 818 g/mol. The molecule has 0 spiro atoms. The molecule has 0 radical (unpaired) electrons. The number of hydrogen-bond donors (Lipinski definition) is 3. The number of rotatable bonds is 9. The van der Waals surface area contributed by atoms with E-state index in [9.17, 15) is 29.7 Å². The van der Waals surface area contributed by atoms with Crippen molar-refractivity contribution in [2.24, 2.45) is 23.7 Å². The van der Waals surface area contributed by atoms with E-state index < -0.39 is 119 Å². The molecule has 0 aromatic carbocycles. The Hall–Kier alpha value is -1.99. The van der Waals surface area contributed by atoms with Crippen molar-refractivity contribution >= 4 is 17.9 Å². The van der Waals surface area contributed by atoms with Gasteiger partial charge in [0.1, 0.15) is 23.9 Å². The first-order chi connectivity index (χ1) is 26.3. The second kappa shape index (κ2) is 17.9. The standard InChI is InChI=1S/C41H71NO15/c1-16-29-40(12)35(53-27(9)44)24(6)41(48,57-40)20(2)18-38(10,47)34(56-37-32(52-26(8)43)28(42(13)14)17-21(3)50-37)22(4)31(23(5)36(46)54-29)55-30-19-39(11,49-15)33(45)25(7)51-30/h20-25,28-35,37,45,47-48H,16-19H2,1-15H3/t20-,21-,22+,23?,24-,25+,28+,29-,30+,31?,32-,33+,34-,35-,37+,38-,39-,40-,41+/m1/s1. The molecule has 57 heavy (non-hydrogen) atoms. The van der Waals surface area contributed by atoms with Gasteiger partial charge in [-0.1, -0.05) is 27.7 Å². The third kappa shape index (κ3) is 9.66. The van der Waals surface area contributed by atoms with E-state index in [1.807, 2.05) is 25.9 Å². The molecule has 0 aromatic heterocycles. The summed E-state index contributed by atoms with van der Waals surface area (Å²) >= 11 is 0. The van der Waals surface area contributed by atoms with Crippen LogP contribution in [-0.2, 0) is 57.0 Å². The maximum Gasteiger partial charge on any atom is 0.311 e. The number of carbonyl (C=O) groups is 3. The minimum Gasteiger partial charge on any atom is -0.459 e. The topological polar surface area (TPSA) is 198 Å². The highest BCUT2D eigenvalue weighted by atomic mass is 16.7. The van der Waals surface area contributed by atoms with Crippen molar-refractivity contribution in [3.8, 4) is 0 Å². The van der Waals surface area contributed by atoms with Crippen LogP contribution in [0.25, 0.3) is 0 Å². The summed E-state index contributed by atoms with van der Waals surface area (Å²) in [6, 6.07) is -0.317. The maximum absolute atomic E-state index is 14.5. The number of aliphatic hydroxyl groups excluding tert-OH is 1. The van der Waals surface area contributed by atoms with Gasteiger partial charge in [-0.25, -0.2) is 0 Å². The molecular formula is C41H71NO15. The molecule has 4 heterocycles. The molecule has 2 bridgehead atoms. The molecule has 4 rings (SSSR count). The lowest BCUT2D eigenvalue weighted by molar-refractivity contribution is -0.321. The quantitative estimate of drug-likeness (QED) is 0.227. The second-order valence-electron chi connectivity index (χ2n) is 18.1. The normalized spacial score (nSPS) is 48.6. The number of cyclic esters (lactones) is 1.